The first-order valence-electron chi connectivity index (χ1n) is 4.35. The van der Waals surface area contributed by atoms with Crippen LogP contribution in [0.15, 0.2) is 12.3 Å². The van der Waals surface area contributed by atoms with Gasteiger partial charge in [-0.15, -0.1) is 0 Å². The lowest BCUT2D eigenvalue weighted by Gasteiger charge is -2.20. The van der Waals surface area contributed by atoms with Gasteiger partial charge in [-0.2, -0.15) is 23.5 Å². The van der Waals surface area contributed by atoms with Crippen molar-refractivity contribution in [3.63, 3.8) is 0 Å². The number of hydrogen-bond donors (Lipinski definition) is 0. The highest BCUT2D eigenvalue weighted by Gasteiger charge is 2.13. The van der Waals surface area contributed by atoms with E-state index in [1.165, 1.54) is 23.7 Å². The van der Waals surface area contributed by atoms with E-state index in [0.29, 0.717) is 0 Å². The van der Waals surface area contributed by atoms with Gasteiger partial charge < -0.3 is 4.74 Å². The van der Waals surface area contributed by atoms with Gasteiger partial charge in [0.15, 0.2) is 0 Å². The van der Waals surface area contributed by atoms with Gasteiger partial charge in [-0.1, -0.05) is 6.08 Å². The molecular formula is C9H16OS2. The maximum Gasteiger partial charge on any atom is 0.0884 e. The molecule has 1 atom stereocenters. The minimum Gasteiger partial charge on any atom is -0.502 e. The van der Waals surface area contributed by atoms with Gasteiger partial charge in [0.25, 0.3) is 0 Å². The second kappa shape index (κ2) is 6.72. The van der Waals surface area contributed by atoms with Crippen LogP contribution in [0.1, 0.15) is 13.3 Å². The second-order valence-electron chi connectivity index (χ2n) is 2.70. The van der Waals surface area contributed by atoms with Crippen LogP contribution in [0.2, 0.25) is 0 Å². The average molecular weight is 204 g/mol. The fourth-order valence-electron chi connectivity index (χ4n) is 1.07. The third-order valence-corrected chi connectivity index (χ3v) is 4.59. The van der Waals surface area contributed by atoms with E-state index in [2.05, 4.69) is 23.5 Å². The minimum atomic E-state index is 0.828. The van der Waals surface area contributed by atoms with Crippen LogP contribution in [0, 0.1) is 0 Å². The van der Waals surface area contributed by atoms with Crippen LogP contribution in [-0.4, -0.2) is 29.1 Å². The standard InChI is InChI=1S/C9H16OS2/c1-2-4-10-5-3-9-8-11-6-7-12-9/h2,4,9H,3,5-8H2,1H3/b4-2+. The van der Waals surface area contributed by atoms with Crippen molar-refractivity contribution in [3.05, 3.63) is 12.3 Å². The van der Waals surface area contributed by atoms with Gasteiger partial charge >= 0.3 is 0 Å². The molecule has 0 aliphatic carbocycles. The monoisotopic (exact) mass is 204 g/mol. The summed E-state index contributed by atoms with van der Waals surface area (Å²) in [5.41, 5.74) is 0. The quantitative estimate of drug-likeness (QED) is 0.515. The molecule has 1 nitrogen and oxygen atoms in total. The van der Waals surface area contributed by atoms with Gasteiger partial charge in [-0.25, -0.2) is 0 Å². The van der Waals surface area contributed by atoms with E-state index in [1.54, 1.807) is 6.26 Å². The lowest BCUT2D eigenvalue weighted by atomic mass is 10.3. The molecule has 0 aromatic rings. The Labute approximate surface area is 83.3 Å². The van der Waals surface area contributed by atoms with E-state index in [4.69, 9.17) is 4.74 Å². The van der Waals surface area contributed by atoms with E-state index < -0.39 is 0 Å². The predicted octanol–water partition coefficient (Wildman–Crippen LogP) is 2.78. The summed E-state index contributed by atoms with van der Waals surface area (Å²) in [5.74, 6) is 3.96. The van der Waals surface area contributed by atoms with Gasteiger partial charge in [0, 0.05) is 22.5 Å². The summed E-state index contributed by atoms with van der Waals surface area (Å²) in [6.45, 7) is 2.85. The fraction of sp³-hybridized carbons (Fsp3) is 0.778. The molecule has 1 heterocycles. The van der Waals surface area contributed by atoms with Gasteiger partial charge in [-0.05, 0) is 13.3 Å². The number of allylic oxidation sites excluding steroid dienone is 1. The Balaban J connectivity index is 1.97. The summed E-state index contributed by atoms with van der Waals surface area (Å²) >= 11 is 4.17. The zero-order valence-electron chi connectivity index (χ0n) is 7.49. The van der Waals surface area contributed by atoms with Crippen LogP contribution in [0.25, 0.3) is 0 Å². The Bertz CT molecular complexity index is 130. The third-order valence-electron chi connectivity index (χ3n) is 1.67. The SMILES string of the molecule is C/C=C/OCCC1CSCCS1. The number of hydrogen-bond acceptors (Lipinski definition) is 3. The molecule has 12 heavy (non-hydrogen) atoms. The van der Waals surface area contributed by atoms with Crippen LogP contribution in [0.4, 0.5) is 0 Å². The van der Waals surface area contributed by atoms with Gasteiger partial charge in [0.1, 0.15) is 0 Å². The van der Waals surface area contributed by atoms with Gasteiger partial charge in [-0.3, -0.25) is 0 Å². The molecule has 0 saturated carbocycles. The third kappa shape index (κ3) is 4.31. The van der Waals surface area contributed by atoms with E-state index in [0.717, 1.165) is 11.9 Å². The summed E-state index contributed by atoms with van der Waals surface area (Å²) in [4.78, 5) is 0. The van der Waals surface area contributed by atoms with Gasteiger partial charge in [0.05, 0.1) is 12.9 Å². The lowest BCUT2D eigenvalue weighted by molar-refractivity contribution is 0.245. The highest BCUT2D eigenvalue weighted by Crippen LogP contribution is 2.26. The molecule has 0 radical (unpaired) electrons. The summed E-state index contributed by atoms with van der Waals surface area (Å²) in [6.07, 6.45) is 4.91. The van der Waals surface area contributed by atoms with Crippen molar-refractivity contribution in [1.29, 1.82) is 0 Å². The van der Waals surface area contributed by atoms with E-state index in [9.17, 15) is 0 Å². The molecule has 1 aliphatic rings. The Hall–Kier alpha value is 0.240. The second-order valence-corrected chi connectivity index (χ2v) is 5.25. The van der Waals surface area contributed by atoms with Crippen molar-refractivity contribution in [2.75, 3.05) is 23.9 Å². The predicted molar refractivity (Wildman–Crippen MR) is 59.0 cm³/mol. The zero-order valence-corrected chi connectivity index (χ0v) is 9.13. The molecule has 3 heteroatoms. The van der Waals surface area contributed by atoms with Crippen LogP contribution >= 0.6 is 23.5 Å². The van der Waals surface area contributed by atoms with Crippen LogP contribution in [0.5, 0.6) is 0 Å². The van der Waals surface area contributed by atoms with Crippen molar-refractivity contribution in [1.82, 2.24) is 0 Å². The molecule has 1 aliphatic heterocycles. The zero-order chi connectivity index (χ0) is 8.65. The largest absolute Gasteiger partial charge is 0.502 e. The molecule has 1 unspecified atom stereocenters. The van der Waals surface area contributed by atoms with Crippen molar-refractivity contribution in [3.8, 4) is 0 Å². The first-order chi connectivity index (χ1) is 5.93. The molecule has 70 valence electrons. The normalized spacial score (nSPS) is 24.6. The van der Waals surface area contributed by atoms with Gasteiger partial charge in [0.2, 0.25) is 0 Å². The Morgan fingerprint density at radius 3 is 3.08 bits per heavy atom. The summed E-state index contributed by atoms with van der Waals surface area (Å²) in [6, 6.07) is 0. The first-order valence-corrected chi connectivity index (χ1v) is 6.56. The minimum absolute atomic E-state index is 0.828. The first kappa shape index (κ1) is 10.3. The van der Waals surface area contributed by atoms with Crippen LogP contribution in [-0.2, 0) is 4.74 Å². The molecule has 0 N–H and O–H groups in total. The number of thioether (sulfide) groups is 2. The molecule has 0 amide bonds. The average Bonchev–Trinajstić information content (AvgIpc) is 2.14. The lowest BCUT2D eigenvalue weighted by Crippen LogP contribution is -2.15. The van der Waals surface area contributed by atoms with Crippen LogP contribution < -0.4 is 0 Å². The molecule has 1 saturated heterocycles. The molecule has 1 fully saturated rings. The van der Waals surface area contributed by atoms with Crippen molar-refractivity contribution >= 4 is 23.5 Å². The summed E-state index contributed by atoms with van der Waals surface area (Å²) < 4.78 is 5.28. The number of rotatable bonds is 4. The topological polar surface area (TPSA) is 9.23 Å². The Morgan fingerprint density at radius 2 is 2.42 bits per heavy atom. The highest BCUT2D eigenvalue weighted by molar-refractivity contribution is 8.06. The van der Waals surface area contributed by atoms with Crippen molar-refractivity contribution < 1.29 is 4.74 Å². The molecule has 0 spiro atoms. The van der Waals surface area contributed by atoms with E-state index >= 15 is 0 Å². The van der Waals surface area contributed by atoms with Crippen molar-refractivity contribution in [2.45, 2.75) is 18.6 Å². The maximum absolute atomic E-state index is 5.28. The molecule has 1 rings (SSSR count). The maximum atomic E-state index is 5.28. The molecular weight excluding hydrogens is 188 g/mol. The van der Waals surface area contributed by atoms with Crippen LogP contribution in [0.3, 0.4) is 0 Å². The number of ether oxygens (including phenoxy) is 1. The van der Waals surface area contributed by atoms with Crippen molar-refractivity contribution in [2.24, 2.45) is 0 Å². The van der Waals surface area contributed by atoms with E-state index in [1.807, 2.05) is 13.0 Å². The Morgan fingerprint density at radius 1 is 1.50 bits per heavy atom. The Kier molecular flexibility index (Phi) is 5.78. The molecule has 0 aromatic carbocycles. The summed E-state index contributed by atoms with van der Waals surface area (Å²) in [7, 11) is 0. The summed E-state index contributed by atoms with van der Waals surface area (Å²) in [5, 5.41) is 0.828. The fourth-order valence-corrected chi connectivity index (χ4v) is 3.79. The molecule has 0 aromatic heterocycles. The van der Waals surface area contributed by atoms with E-state index in [-0.39, 0.29) is 0 Å². The molecule has 0 bridgehead atoms. The smallest absolute Gasteiger partial charge is 0.0884 e. The highest BCUT2D eigenvalue weighted by atomic mass is 32.2.